The zero-order chi connectivity index (χ0) is 26.3. The van der Waals surface area contributed by atoms with Crippen molar-refractivity contribution in [1.29, 1.82) is 0 Å². The fourth-order valence-electron chi connectivity index (χ4n) is 3.38. The minimum atomic E-state index is -4.03. The van der Waals surface area contributed by atoms with Gasteiger partial charge in [0.25, 0.3) is 0 Å². The first-order chi connectivity index (χ1) is 17.1. The van der Waals surface area contributed by atoms with E-state index in [2.05, 4.69) is 5.32 Å². The smallest absolute Gasteiger partial charge is 0.341 e. The number of carboxylic acid groups (broad SMARTS) is 2. The van der Waals surface area contributed by atoms with Crippen LogP contribution in [0.2, 0.25) is 5.02 Å². The Morgan fingerprint density at radius 3 is 2.31 bits per heavy atom. The van der Waals surface area contributed by atoms with Crippen LogP contribution in [0, 0.1) is 0 Å². The number of benzene rings is 3. The summed E-state index contributed by atoms with van der Waals surface area (Å²) in [5, 5.41) is 32.0. The predicted octanol–water partition coefficient (Wildman–Crippen LogP) is 3.20. The predicted molar refractivity (Wildman–Crippen MR) is 131 cm³/mol. The van der Waals surface area contributed by atoms with Crippen LogP contribution in [0.15, 0.2) is 76.5 Å². The molecule has 0 heterocycles. The standard InChI is InChI=1S/C25H24ClNO8S/c26-18-3-1-2-17(12-18)22(28)14-27-11-10-16-4-6-19(7-5-16)36(33,34)20-8-9-23(35-15-24(29)30)21(13-20)25(31)32/h1-9,12-13,22,27-28H,10-11,14-15H2,(H,29,30)(H,31,32)/t22-/m0/s1. The highest BCUT2D eigenvalue weighted by atomic mass is 35.5. The van der Waals surface area contributed by atoms with Crippen molar-refractivity contribution in [2.75, 3.05) is 19.7 Å². The molecule has 0 aliphatic heterocycles. The van der Waals surface area contributed by atoms with E-state index < -0.39 is 40.1 Å². The lowest BCUT2D eigenvalue weighted by molar-refractivity contribution is -0.139. The third kappa shape index (κ3) is 7.05. The number of halogens is 1. The number of carboxylic acids is 2. The molecule has 9 nitrogen and oxygen atoms in total. The fourth-order valence-corrected chi connectivity index (χ4v) is 4.87. The van der Waals surface area contributed by atoms with Crippen LogP contribution in [0.3, 0.4) is 0 Å². The van der Waals surface area contributed by atoms with Crippen LogP contribution >= 0.6 is 11.6 Å². The highest BCUT2D eigenvalue weighted by Gasteiger charge is 2.22. The van der Waals surface area contributed by atoms with Gasteiger partial charge in [0.2, 0.25) is 9.84 Å². The summed E-state index contributed by atoms with van der Waals surface area (Å²) in [6.45, 7) is 0.108. The topological polar surface area (TPSA) is 150 Å². The summed E-state index contributed by atoms with van der Waals surface area (Å²) >= 11 is 5.94. The van der Waals surface area contributed by atoms with Crippen LogP contribution in [0.25, 0.3) is 0 Å². The van der Waals surface area contributed by atoms with E-state index in [-0.39, 0.29) is 15.5 Å². The first kappa shape index (κ1) is 27.2. The van der Waals surface area contributed by atoms with Gasteiger partial charge >= 0.3 is 11.9 Å². The molecule has 190 valence electrons. The summed E-state index contributed by atoms with van der Waals surface area (Å²) in [4.78, 5) is 21.9. The molecule has 0 amide bonds. The largest absolute Gasteiger partial charge is 0.481 e. The van der Waals surface area contributed by atoms with Crippen molar-refractivity contribution < 1.29 is 38.1 Å². The molecule has 0 saturated carbocycles. The Bertz CT molecular complexity index is 1340. The number of aliphatic carboxylic acids is 1. The molecular weight excluding hydrogens is 510 g/mol. The molecule has 1 atom stereocenters. The quantitative estimate of drug-likeness (QED) is 0.257. The molecule has 36 heavy (non-hydrogen) atoms. The maximum atomic E-state index is 13.0. The van der Waals surface area contributed by atoms with Gasteiger partial charge in [-0.2, -0.15) is 0 Å². The van der Waals surface area contributed by atoms with Gasteiger partial charge in [0.05, 0.1) is 15.9 Å². The van der Waals surface area contributed by atoms with Crippen molar-refractivity contribution in [2.45, 2.75) is 22.3 Å². The number of aliphatic hydroxyl groups excluding tert-OH is 1. The number of ether oxygens (including phenoxy) is 1. The van der Waals surface area contributed by atoms with Crippen LogP contribution < -0.4 is 10.1 Å². The van der Waals surface area contributed by atoms with Crippen molar-refractivity contribution in [3.05, 3.63) is 88.4 Å². The summed E-state index contributed by atoms with van der Waals surface area (Å²) in [5.41, 5.74) is 1.11. The molecule has 0 fully saturated rings. The van der Waals surface area contributed by atoms with Crippen LogP contribution in [0.4, 0.5) is 0 Å². The molecular formula is C25H24ClNO8S. The number of carbonyl (C=O) groups is 2. The second kappa shape index (κ2) is 12.0. The van der Waals surface area contributed by atoms with E-state index in [9.17, 15) is 28.2 Å². The molecule has 0 bridgehead atoms. The number of sulfone groups is 1. The zero-order valence-corrected chi connectivity index (χ0v) is 20.5. The summed E-state index contributed by atoms with van der Waals surface area (Å²) < 4.78 is 31.0. The molecule has 4 N–H and O–H groups in total. The molecule has 3 aromatic rings. The van der Waals surface area contributed by atoms with Gasteiger partial charge in [0, 0.05) is 11.6 Å². The molecule has 0 aliphatic carbocycles. The summed E-state index contributed by atoms with van der Waals surface area (Å²) in [7, 11) is -4.03. The Morgan fingerprint density at radius 2 is 1.67 bits per heavy atom. The molecule has 0 radical (unpaired) electrons. The molecule has 0 aliphatic rings. The summed E-state index contributed by atoms with van der Waals surface area (Å²) in [5.74, 6) is -2.99. The monoisotopic (exact) mass is 533 g/mol. The van der Waals surface area contributed by atoms with Crippen molar-refractivity contribution in [1.82, 2.24) is 5.32 Å². The van der Waals surface area contributed by atoms with Crippen molar-refractivity contribution >= 4 is 33.4 Å². The highest BCUT2D eigenvalue weighted by Crippen LogP contribution is 2.27. The maximum Gasteiger partial charge on any atom is 0.341 e. The van der Waals surface area contributed by atoms with Crippen molar-refractivity contribution in [2.24, 2.45) is 0 Å². The maximum absolute atomic E-state index is 13.0. The average molecular weight is 534 g/mol. The minimum absolute atomic E-state index is 0.0221. The van der Waals surface area contributed by atoms with E-state index in [1.165, 1.54) is 18.2 Å². The van der Waals surface area contributed by atoms with E-state index >= 15 is 0 Å². The minimum Gasteiger partial charge on any atom is -0.481 e. The number of nitrogens with one attached hydrogen (secondary N) is 1. The van der Waals surface area contributed by atoms with Gasteiger partial charge in [-0.05, 0) is 66.6 Å². The van der Waals surface area contributed by atoms with Crippen LogP contribution in [-0.2, 0) is 21.1 Å². The molecule has 3 rings (SSSR count). The fraction of sp³-hybridized carbons (Fsp3) is 0.200. The van der Waals surface area contributed by atoms with Crippen LogP contribution in [0.1, 0.15) is 27.6 Å². The second-order valence-corrected chi connectivity index (χ2v) is 10.2. The number of hydrogen-bond acceptors (Lipinski definition) is 7. The van der Waals surface area contributed by atoms with Gasteiger partial charge in [-0.15, -0.1) is 0 Å². The first-order valence-corrected chi connectivity index (χ1v) is 12.6. The number of aromatic carboxylic acids is 1. The Labute approximate surface area is 212 Å². The van der Waals surface area contributed by atoms with E-state index in [0.717, 1.165) is 17.7 Å². The summed E-state index contributed by atoms with van der Waals surface area (Å²) in [6, 6.07) is 16.4. The lowest BCUT2D eigenvalue weighted by atomic mass is 10.1. The van der Waals surface area contributed by atoms with Gasteiger partial charge in [-0.3, -0.25) is 0 Å². The lowest BCUT2D eigenvalue weighted by Crippen LogP contribution is -2.23. The summed E-state index contributed by atoms with van der Waals surface area (Å²) in [6.07, 6.45) is -0.130. The normalized spacial score (nSPS) is 12.2. The Morgan fingerprint density at radius 1 is 0.972 bits per heavy atom. The van der Waals surface area contributed by atoms with E-state index in [4.69, 9.17) is 21.4 Å². The van der Waals surface area contributed by atoms with Crippen molar-refractivity contribution in [3.63, 3.8) is 0 Å². The van der Waals surface area contributed by atoms with Gasteiger partial charge in [0.1, 0.15) is 11.3 Å². The third-order valence-electron chi connectivity index (χ3n) is 5.24. The molecule has 11 heteroatoms. The number of rotatable bonds is 12. The Hall–Kier alpha value is -3.44. The van der Waals surface area contributed by atoms with Crippen LogP contribution in [-0.4, -0.2) is 55.4 Å². The van der Waals surface area contributed by atoms with Crippen LogP contribution in [0.5, 0.6) is 5.75 Å². The molecule has 3 aromatic carbocycles. The lowest BCUT2D eigenvalue weighted by Gasteiger charge is -2.13. The molecule has 0 spiro atoms. The molecule has 0 saturated heterocycles. The van der Waals surface area contributed by atoms with E-state index in [1.807, 2.05) is 0 Å². The van der Waals surface area contributed by atoms with Gasteiger partial charge in [0.15, 0.2) is 6.61 Å². The molecule has 0 unspecified atom stereocenters. The Kier molecular flexibility index (Phi) is 9.05. The Balaban J connectivity index is 1.63. The number of aliphatic hydroxyl groups is 1. The van der Waals surface area contributed by atoms with Gasteiger partial charge in [-0.25, -0.2) is 18.0 Å². The van der Waals surface area contributed by atoms with Gasteiger partial charge < -0.3 is 25.4 Å². The zero-order valence-electron chi connectivity index (χ0n) is 18.9. The number of hydrogen-bond donors (Lipinski definition) is 4. The third-order valence-corrected chi connectivity index (χ3v) is 7.24. The van der Waals surface area contributed by atoms with E-state index in [1.54, 1.807) is 36.4 Å². The van der Waals surface area contributed by atoms with E-state index in [0.29, 0.717) is 30.1 Å². The first-order valence-electron chi connectivity index (χ1n) is 10.8. The second-order valence-electron chi connectivity index (χ2n) is 7.82. The highest BCUT2D eigenvalue weighted by molar-refractivity contribution is 7.91. The molecule has 0 aromatic heterocycles. The average Bonchev–Trinajstić information content (AvgIpc) is 2.85. The SMILES string of the molecule is O=C(O)COc1ccc(S(=O)(=O)c2ccc(CCNC[C@H](O)c3cccc(Cl)c3)cc2)cc1C(=O)O. The van der Waals surface area contributed by atoms with Gasteiger partial charge in [-0.1, -0.05) is 35.9 Å². The van der Waals surface area contributed by atoms with Crippen molar-refractivity contribution in [3.8, 4) is 5.75 Å².